The zero-order valence-corrected chi connectivity index (χ0v) is 24.4. The third-order valence-electron chi connectivity index (χ3n) is 6.46. The van der Waals surface area contributed by atoms with Gasteiger partial charge in [-0.25, -0.2) is 4.52 Å². The molecule has 3 aromatic rings. The Labute approximate surface area is 228 Å². The van der Waals surface area contributed by atoms with Crippen LogP contribution in [0.15, 0.2) is 17.5 Å². The van der Waals surface area contributed by atoms with E-state index in [1.807, 2.05) is 23.6 Å². The maximum Gasteiger partial charge on any atom is 0.258 e. The van der Waals surface area contributed by atoms with Crippen LogP contribution < -0.4 is 19.1 Å². The summed E-state index contributed by atoms with van der Waals surface area (Å²) in [4.78, 5) is 3.55. The SMILES string of the molecule is Br.CCCCN(c1c(OC)nn2c(-c3c(OC)cc(COCC)cc3OC)csc12)C1CCOCC1. The second-order valence-corrected chi connectivity index (χ2v) is 9.46. The van der Waals surface area contributed by atoms with E-state index in [-0.39, 0.29) is 17.0 Å². The average molecular weight is 585 g/mol. The lowest BCUT2D eigenvalue weighted by Gasteiger charge is -2.35. The molecule has 10 heteroatoms. The first-order valence-electron chi connectivity index (χ1n) is 12.4. The van der Waals surface area contributed by atoms with Gasteiger partial charge in [0.05, 0.1) is 39.2 Å². The van der Waals surface area contributed by atoms with Crippen LogP contribution in [0.25, 0.3) is 16.1 Å². The third-order valence-corrected chi connectivity index (χ3v) is 7.39. The molecule has 0 N–H and O–H groups in total. The maximum absolute atomic E-state index is 5.83. The van der Waals surface area contributed by atoms with Crippen LogP contribution in [0, 0.1) is 0 Å². The molecule has 1 saturated heterocycles. The number of methoxy groups -OCH3 is 3. The maximum atomic E-state index is 5.83. The van der Waals surface area contributed by atoms with Crippen molar-refractivity contribution >= 4 is 38.8 Å². The minimum atomic E-state index is 0. The molecule has 1 fully saturated rings. The molecule has 1 aliphatic rings. The zero-order chi connectivity index (χ0) is 24.8. The number of hydrogen-bond acceptors (Lipinski definition) is 8. The molecule has 0 saturated carbocycles. The normalized spacial score (nSPS) is 14.0. The monoisotopic (exact) mass is 583 g/mol. The number of thiazole rings is 1. The van der Waals surface area contributed by atoms with Crippen LogP contribution in [-0.2, 0) is 16.1 Å². The van der Waals surface area contributed by atoms with Gasteiger partial charge in [-0.1, -0.05) is 13.3 Å². The lowest BCUT2D eigenvalue weighted by atomic mass is 10.1. The highest BCUT2D eigenvalue weighted by Crippen LogP contribution is 2.45. The van der Waals surface area contributed by atoms with Crippen molar-refractivity contribution in [3.8, 4) is 28.6 Å². The van der Waals surface area contributed by atoms with Gasteiger partial charge in [0, 0.05) is 37.8 Å². The van der Waals surface area contributed by atoms with Crippen molar-refractivity contribution < 1.29 is 23.7 Å². The number of rotatable bonds is 12. The van der Waals surface area contributed by atoms with Gasteiger partial charge in [-0.3, -0.25) is 0 Å². The summed E-state index contributed by atoms with van der Waals surface area (Å²) in [6.45, 7) is 7.90. The number of ether oxygens (including phenoxy) is 5. The molecule has 4 rings (SSSR count). The minimum absolute atomic E-state index is 0. The summed E-state index contributed by atoms with van der Waals surface area (Å²) >= 11 is 1.67. The van der Waals surface area contributed by atoms with E-state index in [4.69, 9.17) is 28.8 Å². The molecule has 0 radical (unpaired) electrons. The molecule has 200 valence electrons. The Morgan fingerprint density at radius 3 is 2.36 bits per heavy atom. The molecule has 36 heavy (non-hydrogen) atoms. The van der Waals surface area contributed by atoms with Gasteiger partial charge in [-0.15, -0.1) is 33.4 Å². The first kappa shape index (κ1) is 28.6. The molecule has 0 bridgehead atoms. The molecule has 8 nitrogen and oxygen atoms in total. The van der Waals surface area contributed by atoms with Gasteiger partial charge in [0.1, 0.15) is 22.0 Å². The highest BCUT2D eigenvalue weighted by atomic mass is 79.9. The van der Waals surface area contributed by atoms with Crippen molar-refractivity contribution in [2.24, 2.45) is 0 Å². The number of unbranched alkanes of at least 4 members (excludes halogenated alkanes) is 1. The van der Waals surface area contributed by atoms with Crippen LogP contribution in [0.4, 0.5) is 5.69 Å². The Bertz CT molecular complexity index is 1090. The predicted molar refractivity (Wildman–Crippen MR) is 150 cm³/mol. The van der Waals surface area contributed by atoms with E-state index in [9.17, 15) is 0 Å². The molecule has 3 heterocycles. The van der Waals surface area contributed by atoms with Crippen LogP contribution in [-0.4, -0.2) is 63.4 Å². The first-order valence-corrected chi connectivity index (χ1v) is 13.3. The summed E-state index contributed by atoms with van der Waals surface area (Å²) in [6.07, 6.45) is 4.25. The number of aromatic nitrogens is 2. The lowest BCUT2D eigenvalue weighted by Crippen LogP contribution is -2.40. The molecular weight excluding hydrogens is 546 g/mol. The fourth-order valence-electron chi connectivity index (χ4n) is 4.68. The van der Waals surface area contributed by atoms with Gasteiger partial charge >= 0.3 is 0 Å². The Kier molecular flexibility index (Phi) is 10.7. The molecule has 0 unspecified atom stereocenters. The van der Waals surface area contributed by atoms with Gasteiger partial charge in [0.2, 0.25) is 0 Å². The first-order chi connectivity index (χ1) is 17.2. The quantitative estimate of drug-likeness (QED) is 0.259. The highest BCUT2D eigenvalue weighted by Gasteiger charge is 2.30. The molecular formula is C26H38BrN3O5S. The predicted octanol–water partition coefficient (Wildman–Crippen LogP) is 5.99. The minimum Gasteiger partial charge on any atom is -0.496 e. The number of fused-ring (bicyclic) bond motifs is 1. The molecule has 2 aromatic heterocycles. The lowest BCUT2D eigenvalue weighted by molar-refractivity contribution is 0.0843. The second-order valence-electron chi connectivity index (χ2n) is 8.60. The van der Waals surface area contributed by atoms with Gasteiger partial charge in [-0.05, 0) is 43.9 Å². The molecule has 0 aliphatic carbocycles. The summed E-state index contributed by atoms with van der Waals surface area (Å²) in [5.41, 5.74) is 3.84. The smallest absolute Gasteiger partial charge is 0.258 e. The Hall–Kier alpha value is -2.01. The zero-order valence-electron chi connectivity index (χ0n) is 21.9. The Morgan fingerprint density at radius 1 is 1.08 bits per heavy atom. The van der Waals surface area contributed by atoms with E-state index in [0.717, 1.165) is 84.3 Å². The fourth-order valence-corrected chi connectivity index (χ4v) is 5.67. The van der Waals surface area contributed by atoms with Crippen LogP contribution in [0.3, 0.4) is 0 Å². The number of benzene rings is 1. The summed E-state index contributed by atoms with van der Waals surface area (Å²) < 4.78 is 30.7. The van der Waals surface area contributed by atoms with Crippen molar-refractivity contribution in [2.45, 2.75) is 52.2 Å². The van der Waals surface area contributed by atoms with E-state index in [0.29, 0.717) is 25.1 Å². The van der Waals surface area contributed by atoms with Crippen molar-refractivity contribution in [3.05, 3.63) is 23.1 Å². The topological polar surface area (TPSA) is 66.7 Å². The van der Waals surface area contributed by atoms with Crippen molar-refractivity contribution in [1.82, 2.24) is 9.61 Å². The van der Waals surface area contributed by atoms with Gasteiger partial charge in [-0.2, -0.15) is 0 Å². The average Bonchev–Trinajstić information content (AvgIpc) is 3.47. The Balaban J connectivity index is 0.00000361. The van der Waals surface area contributed by atoms with E-state index in [2.05, 4.69) is 17.2 Å². The molecule has 0 amide bonds. The number of nitrogens with zero attached hydrogens (tertiary/aromatic N) is 3. The van der Waals surface area contributed by atoms with Crippen molar-refractivity contribution in [1.29, 1.82) is 0 Å². The van der Waals surface area contributed by atoms with Gasteiger partial charge in [0.25, 0.3) is 5.88 Å². The van der Waals surface area contributed by atoms with Crippen molar-refractivity contribution in [2.75, 3.05) is 52.6 Å². The third kappa shape index (κ3) is 5.77. The molecule has 0 spiro atoms. The van der Waals surface area contributed by atoms with Gasteiger partial charge < -0.3 is 28.6 Å². The second kappa shape index (κ2) is 13.5. The molecule has 1 aromatic carbocycles. The summed E-state index contributed by atoms with van der Waals surface area (Å²) in [6, 6.07) is 4.42. The number of halogens is 1. The summed E-state index contributed by atoms with van der Waals surface area (Å²) in [7, 11) is 5.05. The van der Waals surface area contributed by atoms with Crippen LogP contribution in [0.1, 0.15) is 45.1 Å². The molecule has 0 atom stereocenters. The number of hydrogen-bond donors (Lipinski definition) is 0. The Morgan fingerprint density at radius 2 is 1.78 bits per heavy atom. The van der Waals surface area contributed by atoms with Crippen LogP contribution in [0.5, 0.6) is 17.4 Å². The van der Waals surface area contributed by atoms with E-state index < -0.39 is 0 Å². The van der Waals surface area contributed by atoms with E-state index in [1.165, 1.54) is 0 Å². The molecule has 1 aliphatic heterocycles. The van der Waals surface area contributed by atoms with E-state index in [1.54, 1.807) is 32.7 Å². The largest absolute Gasteiger partial charge is 0.496 e. The highest BCUT2D eigenvalue weighted by molar-refractivity contribution is 8.93. The number of anilines is 1. The fraction of sp³-hybridized carbons (Fsp3) is 0.577. The summed E-state index contributed by atoms with van der Waals surface area (Å²) in [5.74, 6) is 2.09. The van der Waals surface area contributed by atoms with Crippen LogP contribution in [0.2, 0.25) is 0 Å². The van der Waals surface area contributed by atoms with Gasteiger partial charge in [0.15, 0.2) is 0 Å². The van der Waals surface area contributed by atoms with E-state index >= 15 is 0 Å². The summed E-state index contributed by atoms with van der Waals surface area (Å²) in [5, 5.41) is 7.03. The van der Waals surface area contributed by atoms with Crippen LogP contribution >= 0.6 is 28.3 Å². The standard InChI is InChI=1S/C26H37N3O5S.BrH/c1-6-8-11-28(19-9-12-34-13-10-19)24-25(32-5)27-29-20(17-35-26(24)29)23-21(30-3)14-18(16-33-7-2)15-22(23)31-4;/h14-15,17,19H,6-13,16H2,1-5H3;1H. The van der Waals surface area contributed by atoms with Crippen molar-refractivity contribution in [3.63, 3.8) is 0 Å².